The number of rotatable bonds is 0. The van der Waals surface area contributed by atoms with Gasteiger partial charge in [0, 0.05) is 9.58 Å². The van der Waals surface area contributed by atoms with Gasteiger partial charge in [-0.3, -0.25) is 0 Å². The quantitative estimate of drug-likeness (QED) is 0.553. The number of aryl methyl sites for hydroxylation is 1. The molecule has 2 aromatic rings. The zero-order chi connectivity index (χ0) is 12.4. The van der Waals surface area contributed by atoms with Gasteiger partial charge in [-0.05, 0) is 42.4 Å². The molecule has 0 bridgehead atoms. The lowest BCUT2D eigenvalue weighted by molar-refractivity contribution is 0.783. The molecule has 0 saturated carbocycles. The molecule has 1 aliphatic rings. The molecule has 1 heterocycles. The minimum atomic E-state index is 0.681. The Morgan fingerprint density at radius 1 is 1.24 bits per heavy atom. The van der Waals surface area contributed by atoms with Gasteiger partial charge in [0.2, 0.25) is 0 Å². The zero-order valence-electron chi connectivity index (χ0n) is 11.1. The Morgan fingerprint density at radius 2 is 2.00 bits per heavy atom. The van der Waals surface area contributed by atoms with Crippen LogP contribution < -0.4 is 0 Å². The van der Waals surface area contributed by atoms with Gasteiger partial charge in [0.1, 0.15) is 0 Å². The van der Waals surface area contributed by atoms with E-state index in [1.807, 2.05) is 25.2 Å². The molecule has 1 aromatic heterocycles. The van der Waals surface area contributed by atoms with Crippen molar-refractivity contribution in [2.24, 2.45) is 0 Å². The fourth-order valence-corrected chi connectivity index (χ4v) is 3.62. The highest BCUT2D eigenvalue weighted by atomic mass is 32.1. The van der Waals surface area contributed by atoms with Crippen molar-refractivity contribution in [3.63, 3.8) is 0 Å². The van der Waals surface area contributed by atoms with Crippen LogP contribution in [0.2, 0.25) is 0 Å². The Bertz CT molecular complexity index is 546. The summed E-state index contributed by atoms with van der Waals surface area (Å²) in [6, 6.07) is 6.80. The van der Waals surface area contributed by atoms with Crippen LogP contribution in [0, 0.1) is 6.92 Å². The number of thiophene rings is 1. The second-order valence-electron chi connectivity index (χ2n) is 4.42. The molecule has 17 heavy (non-hydrogen) atoms. The van der Waals surface area contributed by atoms with E-state index in [2.05, 4.69) is 44.2 Å². The molecular formula is C16H20S. The van der Waals surface area contributed by atoms with Crippen molar-refractivity contribution in [2.45, 2.75) is 40.0 Å². The molecule has 0 aliphatic heterocycles. The zero-order valence-corrected chi connectivity index (χ0v) is 11.9. The maximum atomic E-state index is 2.33. The molecule has 0 fully saturated rings. The topological polar surface area (TPSA) is 0 Å². The van der Waals surface area contributed by atoms with Gasteiger partial charge in [0.15, 0.2) is 0 Å². The summed E-state index contributed by atoms with van der Waals surface area (Å²) in [7, 11) is 0. The molecule has 3 rings (SSSR count). The molecule has 0 N–H and O–H groups in total. The second kappa shape index (κ2) is 5.05. The monoisotopic (exact) mass is 244 g/mol. The number of fused-ring (bicyclic) bond motifs is 3. The first-order valence-electron chi connectivity index (χ1n) is 6.45. The Labute approximate surface area is 108 Å². The van der Waals surface area contributed by atoms with Crippen molar-refractivity contribution >= 4 is 27.5 Å². The van der Waals surface area contributed by atoms with Gasteiger partial charge >= 0.3 is 0 Å². The molecule has 1 aliphatic carbocycles. The molecule has 1 atom stereocenters. The van der Waals surface area contributed by atoms with Crippen LogP contribution in [0.25, 0.3) is 16.2 Å². The summed E-state index contributed by atoms with van der Waals surface area (Å²) in [5.74, 6) is 0.681. The third kappa shape index (κ3) is 2.16. The molecule has 1 unspecified atom stereocenters. The summed E-state index contributed by atoms with van der Waals surface area (Å²) in [6.07, 6.45) is 5.78. The third-order valence-electron chi connectivity index (χ3n) is 3.16. The van der Waals surface area contributed by atoms with Crippen molar-refractivity contribution < 1.29 is 0 Å². The predicted molar refractivity (Wildman–Crippen MR) is 80.0 cm³/mol. The first kappa shape index (κ1) is 12.4. The third-order valence-corrected chi connectivity index (χ3v) is 4.31. The fourth-order valence-electron chi connectivity index (χ4n) is 2.38. The van der Waals surface area contributed by atoms with Gasteiger partial charge < -0.3 is 0 Å². The van der Waals surface area contributed by atoms with E-state index in [4.69, 9.17) is 0 Å². The van der Waals surface area contributed by atoms with Gasteiger partial charge in [-0.25, -0.2) is 0 Å². The highest BCUT2D eigenvalue weighted by Crippen LogP contribution is 2.41. The van der Waals surface area contributed by atoms with E-state index in [0.29, 0.717) is 5.92 Å². The van der Waals surface area contributed by atoms with E-state index in [0.717, 1.165) is 0 Å². The maximum absolute atomic E-state index is 2.33. The molecule has 1 heteroatoms. The lowest BCUT2D eigenvalue weighted by Gasteiger charge is -2.14. The molecule has 0 radical (unpaired) electrons. The van der Waals surface area contributed by atoms with Gasteiger partial charge in [-0.1, -0.05) is 44.5 Å². The van der Waals surface area contributed by atoms with Crippen molar-refractivity contribution in [1.29, 1.82) is 0 Å². The van der Waals surface area contributed by atoms with E-state index < -0.39 is 0 Å². The van der Waals surface area contributed by atoms with Gasteiger partial charge in [-0.2, -0.15) is 0 Å². The fraction of sp³-hybridized carbons (Fsp3) is 0.375. The number of benzene rings is 1. The van der Waals surface area contributed by atoms with Crippen molar-refractivity contribution in [3.8, 4) is 0 Å². The lowest BCUT2D eigenvalue weighted by Crippen LogP contribution is -1.96. The normalized spacial score (nSPS) is 17.5. The smallest absolute Gasteiger partial charge is 0.0352 e. The van der Waals surface area contributed by atoms with Crippen LogP contribution in [0.4, 0.5) is 0 Å². The van der Waals surface area contributed by atoms with E-state index in [1.165, 1.54) is 26.9 Å². The average Bonchev–Trinajstić information content (AvgIpc) is 2.71. The van der Waals surface area contributed by atoms with Gasteiger partial charge in [0.05, 0.1) is 0 Å². The van der Waals surface area contributed by atoms with Gasteiger partial charge in [-0.15, -0.1) is 11.3 Å². The van der Waals surface area contributed by atoms with Crippen molar-refractivity contribution in [3.05, 3.63) is 40.3 Å². The predicted octanol–water partition coefficient (Wildman–Crippen LogP) is 5.76. The Morgan fingerprint density at radius 3 is 2.76 bits per heavy atom. The summed E-state index contributed by atoms with van der Waals surface area (Å²) in [5.41, 5.74) is 2.94. The first-order valence-corrected chi connectivity index (χ1v) is 7.27. The minimum absolute atomic E-state index is 0.681. The largest absolute Gasteiger partial charge is 0.136 e. The summed E-state index contributed by atoms with van der Waals surface area (Å²) in [4.78, 5) is 1.47. The summed E-state index contributed by atoms with van der Waals surface area (Å²) in [6.45, 7) is 8.50. The molecular weight excluding hydrogens is 224 g/mol. The standard InChI is InChI=1S/C14H14S.C2H6/c1-9-6-7-12-11(8-9)14-10(2)4-3-5-13(14)15-12;1-2/h3,5-8,10H,4H2,1-2H3;1-2H3. The molecule has 1 aromatic carbocycles. The Balaban J connectivity index is 0.000000514. The summed E-state index contributed by atoms with van der Waals surface area (Å²) >= 11 is 1.93. The van der Waals surface area contributed by atoms with Crippen LogP contribution in [-0.4, -0.2) is 0 Å². The molecule has 0 amide bonds. The maximum Gasteiger partial charge on any atom is 0.0352 e. The average molecular weight is 244 g/mol. The Kier molecular flexibility index (Phi) is 3.68. The van der Waals surface area contributed by atoms with Gasteiger partial charge in [0.25, 0.3) is 0 Å². The SMILES string of the molecule is CC.Cc1ccc2sc3c(c2c1)C(C)CC=C3. The van der Waals surface area contributed by atoms with Crippen LogP contribution in [0.5, 0.6) is 0 Å². The number of hydrogen-bond donors (Lipinski definition) is 0. The van der Waals surface area contributed by atoms with Crippen LogP contribution in [0.15, 0.2) is 24.3 Å². The molecule has 0 nitrogen and oxygen atoms in total. The van der Waals surface area contributed by atoms with E-state index in [1.54, 1.807) is 5.56 Å². The van der Waals surface area contributed by atoms with E-state index in [-0.39, 0.29) is 0 Å². The molecule has 90 valence electrons. The number of hydrogen-bond acceptors (Lipinski definition) is 1. The van der Waals surface area contributed by atoms with Crippen molar-refractivity contribution in [1.82, 2.24) is 0 Å². The molecule has 0 saturated heterocycles. The van der Waals surface area contributed by atoms with Crippen LogP contribution >= 0.6 is 11.3 Å². The number of allylic oxidation sites excluding steroid dienone is 1. The molecule has 0 spiro atoms. The second-order valence-corrected chi connectivity index (χ2v) is 5.50. The van der Waals surface area contributed by atoms with E-state index >= 15 is 0 Å². The first-order chi connectivity index (χ1) is 8.25. The van der Waals surface area contributed by atoms with Crippen LogP contribution in [0.3, 0.4) is 0 Å². The van der Waals surface area contributed by atoms with Crippen LogP contribution in [-0.2, 0) is 0 Å². The van der Waals surface area contributed by atoms with Crippen LogP contribution in [0.1, 0.15) is 49.1 Å². The van der Waals surface area contributed by atoms with E-state index in [9.17, 15) is 0 Å². The Hall–Kier alpha value is -1.08. The van der Waals surface area contributed by atoms with Crippen molar-refractivity contribution in [2.75, 3.05) is 0 Å². The highest BCUT2D eigenvalue weighted by Gasteiger charge is 2.18. The summed E-state index contributed by atoms with van der Waals surface area (Å²) in [5, 5.41) is 1.48. The highest BCUT2D eigenvalue weighted by molar-refractivity contribution is 7.20. The summed E-state index contributed by atoms with van der Waals surface area (Å²) < 4.78 is 1.43. The lowest BCUT2D eigenvalue weighted by atomic mass is 9.91. The minimum Gasteiger partial charge on any atom is -0.136 e.